The van der Waals surface area contributed by atoms with E-state index in [0.29, 0.717) is 5.69 Å². The number of aromatic nitrogens is 2. The third-order valence-corrected chi connectivity index (χ3v) is 4.14. The summed E-state index contributed by atoms with van der Waals surface area (Å²) in [6.07, 6.45) is 4.73. The summed E-state index contributed by atoms with van der Waals surface area (Å²) in [6.45, 7) is 2.12. The van der Waals surface area contributed by atoms with Crippen LogP contribution in [0.3, 0.4) is 0 Å². The molecule has 3 rings (SSSR count). The van der Waals surface area contributed by atoms with Gasteiger partial charge in [-0.05, 0) is 31.9 Å². The molecule has 2 unspecified atom stereocenters. The first kappa shape index (κ1) is 13.1. The molecule has 0 aliphatic heterocycles. The largest absolute Gasteiger partial charge is 0.396 e. The fourth-order valence-corrected chi connectivity index (χ4v) is 2.95. The highest BCUT2D eigenvalue weighted by Crippen LogP contribution is 2.25. The number of aryl methyl sites for hydroxylation is 1. The van der Waals surface area contributed by atoms with Gasteiger partial charge in [0.25, 0.3) is 5.91 Å². The first-order valence-corrected chi connectivity index (χ1v) is 7.05. The Hall–Kier alpha value is -1.88. The predicted octanol–water partition coefficient (Wildman–Crippen LogP) is 1.53. The van der Waals surface area contributed by atoms with Crippen molar-refractivity contribution in [1.29, 1.82) is 0 Å². The highest BCUT2D eigenvalue weighted by molar-refractivity contribution is 5.93. The Kier molecular flexibility index (Phi) is 3.44. The summed E-state index contributed by atoms with van der Waals surface area (Å²) in [7, 11) is 0. The third-order valence-electron chi connectivity index (χ3n) is 4.14. The molecule has 2 aromatic rings. The van der Waals surface area contributed by atoms with Crippen molar-refractivity contribution in [1.82, 2.24) is 14.7 Å². The molecule has 5 nitrogen and oxygen atoms in total. The molecular formula is C15H19N3O2. The van der Waals surface area contributed by atoms with E-state index in [0.717, 1.165) is 30.6 Å². The van der Waals surface area contributed by atoms with E-state index in [1.807, 2.05) is 29.5 Å². The number of hydrogen-bond acceptors (Lipinski definition) is 3. The molecular weight excluding hydrogens is 254 g/mol. The molecule has 1 aliphatic carbocycles. The van der Waals surface area contributed by atoms with Crippen LogP contribution in [0.4, 0.5) is 0 Å². The number of nitrogens with one attached hydrogen (secondary N) is 1. The van der Waals surface area contributed by atoms with Crippen molar-refractivity contribution in [2.45, 2.75) is 32.2 Å². The van der Waals surface area contributed by atoms with Gasteiger partial charge in [0.2, 0.25) is 0 Å². The molecule has 5 heteroatoms. The Balaban J connectivity index is 1.80. The number of aliphatic hydroxyl groups excluding tert-OH is 1. The summed E-state index contributed by atoms with van der Waals surface area (Å²) in [4.78, 5) is 16.6. The average Bonchev–Trinajstić information content (AvgIpc) is 3.05. The molecule has 2 N–H and O–H groups in total. The van der Waals surface area contributed by atoms with E-state index in [1.54, 1.807) is 6.20 Å². The van der Waals surface area contributed by atoms with Crippen LogP contribution in [0.5, 0.6) is 0 Å². The van der Waals surface area contributed by atoms with E-state index in [1.165, 1.54) is 0 Å². The van der Waals surface area contributed by atoms with Crippen LogP contribution in [0.2, 0.25) is 0 Å². The minimum atomic E-state index is -0.154. The summed E-state index contributed by atoms with van der Waals surface area (Å²) in [5, 5.41) is 12.3. The summed E-state index contributed by atoms with van der Waals surface area (Å²) in [6, 6.07) is 5.86. The van der Waals surface area contributed by atoms with Crippen LogP contribution in [0.15, 0.2) is 24.4 Å². The van der Waals surface area contributed by atoms with Crippen molar-refractivity contribution in [3.8, 4) is 0 Å². The maximum atomic E-state index is 12.3. The molecule has 0 aromatic carbocycles. The zero-order valence-electron chi connectivity index (χ0n) is 11.5. The minimum absolute atomic E-state index is 0.0680. The number of amides is 1. The number of imidazole rings is 1. The molecule has 0 saturated heterocycles. The van der Waals surface area contributed by atoms with Crippen molar-refractivity contribution < 1.29 is 9.90 Å². The number of carbonyl (C=O) groups excluding carboxylic acids is 1. The van der Waals surface area contributed by atoms with Crippen molar-refractivity contribution >= 4 is 11.6 Å². The van der Waals surface area contributed by atoms with Gasteiger partial charge in [-0.3, -0.25) is 4.79 Å². The van der Waals surface area contributed by atoms with E-state index in [9.17, 15) is 9.90 Å². The average molecular weight is 273 g/mol. The number of hydrogen-bond donors (Lipinski definition) is 2. The van der Waals surface area contributed by atoms with Gasteiger partial charge in [-0.15, -0.1) is 0 Å². The van der Waals surface area contributed by atoms with Gasteiger partial charge in [0, 0.05) is 30.5 Å². The Morgan fingerprint density at radius 3 is 3.10 bits per heavy atom. The molecule has 2 atom stereocenters. The van der Waals surface area contributed by atoms with Crippen LogP contribution in [0.1, 0.15) is 35.4 Å². The molecule has 1 saturated carbocycles. The van der Waals surface area contributed by atoms with Crippen LogP contribution in [-0.2, 0) is 0 Å². The number of pyridine rings is 1. The van der Waals surface area contributed by atoms with Crippen LogP contribution in [0, 0.1) is 12.8 Å². The van der Waals surface area contributed by atoms with Gasteiger partial charge in [0.1, 0.15) is 11.3 Å². The molecule has 1 aliphatic rings. The molecule has 0 radical (unpaired) electrons. The molecule has 1 amide bonds. The summed E-state index contributed by atoms with van der Waals surface area (Å²) < 4.78 is 1.91. The van der Waals surface area contributed by atoms with Gasteiger partial charge >= 0.3 is 0 Å². The monoisotopic (exact) mass is 273 g/mol. The van der Waals surface area contributed by atoms with Crippen molar-refractivity contribution in [2.75, 3.05) is 6.61 Å². The number of aliphatic hydroxyl groups is 1. The second-order valence-corrected chi connectivity index (χ2v) is 5.48. The normalized spacial score (nSPS) is 22.3. The molecule has 20 heavy (non-hydrogen) atoms. The molecule has 0 spiro atoms. The smallest absolute Gasteiger partial charge is 0.271 e. The SMILES string of the molecule is Cc1cccc2nc(C(=O)NC3CCCC3CO)cn12. The second kappa shape index (κ2) is 5.25. The standard InChI is InChI=1S/C15H19N3O2/c1-10-4-2-7-14-16-13(8-18(10)14)15(20)17-12-6-3-5-11(12)9-19/h2,4,7-8,11-12,19H,3,5-6,9H2,1H3,(H,17,20). The number of rotatable bonds is 3. The molecule has 0 bridgehead atoms. The van der Waals surface area contributed by atoms with E-state index in [2.05, 4.69) is 10.3 Å². The highest BCUT2D eigenvalue weighted by atomic mass is 16.3. The van der Waals surface area contributed by atoms with Crippen LogP contribution in [-0.4, -0.2) is 33.0 Å². The quantitative estimate of drug-likeness (QED) is 0.891. The Morgan fingerprint density at radius 2 is 2.35 bits per heavy atom. The Bertz CT molecular complexity index is 635. The van der Waals surface area contributed by atoms with Gasteiger partial charge in [0.15, 0.2) is 0 Å². The number of carbonyl (C=O) groups is 1. The maximum Gasteiger partial charge on any atom is 0.271 e. The van der Waals surface area contributed by atoms with Gasteiger partial charge in [-0.25, -0.2) is 4.98 Å². The zero-order valence-corrected chi connectivity index (χ0v) is 11.5. The third kappa shape index (κ3) is 2.29. The van der Waals surface area contributed by atoms with Gasteiger partial charge in [0.05, 0.1) is 0 Å². The molecule has 106 valence electrons. The zero-order chi connectivity index (χ0) is 14.1. The molecule has 2 aromatic heterocycles. The topological polar surface area (TPSA) is 66.6 Å². The lowest BCUT2D eigenvalue weighted by Gasteiger charge is -2.18. The van der Waals surface area contributed by atoms with Gasteiger partial charge < -0.3 is 14.8 Å². The minimum Gasteiger partial charge on any atom is -0.396 e. The lowest BCUT2D eigenvalue weighted by atomic mass is 10.1. The van der Waals surface area contributed by atoms with Gasteiger partial charge in [-0.1, -0.05) is 12.5 Å². The second-order valence-electron chi connectivity index (χ2n) is 5.48. The van der Waals surface area contributed by atoms with Crippen LogP contribution in [0.25, 0.3) is 5.65 Å². The van der Waals surface area contributed by atoms with Crippen molar-refractivity contribution in [3.05, 3.63) is 35.8 Å². The Morgan fingerprint density at radius 1 is 1.50 bits per heavy atom. The van der Waals surface area contributed by atoms with Gasteiger partial charge in [-0.2, -0.15) is 0 Å². The maximum absolute atomic E-state index is 12.3. The summed E-state index contributed by atoms with van der Waals surface area (Å²) in [5.41, 5.74) is 2.26. The van der Waals surface area contributed by atoms with E-state index >= 15 is 0 Å². The first-order valence-electron chi connectivity index (χ1n) is 7.05. The van der Waals surface area contributed by atoms with E-state index in [-0.39, 0.29) is 24.5 Å². The lowest BCUT2D eigenvalue weighted by molar-refractivity contribution is 0.0911. The summed E-state index contributed by atoms with van der Waals surface area (Å²) >= 11 is 0. The molecule has 1 fully saturated rings. The Labute approximate surface area is 117 Å². The number of nitrogens with zero attached hydrogens (tertiary/aromatic N) is 2. The van der Waals surface area contributed by atoms with Crippen molar-refractivity contribution in [2.24, 2.45) is 5.92 Å². The fourth-order valence-electron chi connectivity index (χ4n) is 2.95. The molecule has 2 heterocycles. The van der Waals surface area contributed by atoms with Crippen LogP contribution >= 0.6 is 0 Å². The first-order chi connectivity index (χ1) is 9.69. The number of fused-ring (bicyclic) bond motifs is 1. The summed E-state index contributed by atoms with van der Waals surface area (Å²) in [5.74, 6) is 0.0242. The lowest BCUT2D eigenvalue weighted by Crippen LogP contribution is -2.38. The predicted molar refractivity (Wildman–Crippen MR) is 75.6 cm³/mol. The highest BCUT2D eigenvalue weighted by Gasteiger charge is 2.28. The van der Waals surface area contributed by atoms with E-state index < -0.39 is 0 Å². The van der Waals surface area contributed by atoms with Crippen molar-refractivity contribution in [3.63, 3.8) is 0 Å². The van der Waals surface area contributed by atoms with E-state index in [4.69, 9.17) is 0 Å². The fraction of sp³-hybridized carbons (Fsp3) is 0.467. The van der Waals surface area contributed by atoms with Crippen LogP contribution < -0.4 is 5.32 Å².